The Morgan fingerprint density at radius 3 is 2.64 bits per heavy atom. The average Bonchev–Trinajstić information content (AvgIpc) is 3.16. The highest BCUT2D eigenvalue weighted by molar-refractivity contribution is 8.12. The second-order valence-corrected chi connectivity index (χ2v) is 7.39. The summed E-state index contributed by atoms with van der Waals surface area (Å²) in [6.45, 7) is 10.8. The van der Waals surface area contributed by atoms with Crippen LogP contribution in [-0.2, 0) is 0 Å². The van der Waals surface area contributed by atoms with Crippen LogP contribution in [0.3, 0.4) is 0 Å². The van der Waals surface area contributed by atoms with E-state index in [1.807, 2.05) is 31.7 Å². The molecule has 4 heteroatoms. The molecule has 0 unspecified atom stereocenters. The zero-order chi connectivity index (χ0) is 18.2. The van der Waals surface area contributed by atoms with Crippen molar-refractivity contribution in [1.82, 2.24) is 8.75 Å². The lowest BCUT2D eigenvalue weighted by molar-refractivity contribution is 0.892. The van der Waals surface area contributed by atoms with Crippen molar-refractivity contribution in [2.24, 2.45) is 0 Å². The molecule has 2 aromatic rings. The SMILES string of the molecule is CC.CCC/C(C1=CCC=C(c2cccc3nsnc23)S1)=C(/C)CC. The molecule has 2 heterocycles. The van der Waals surface area contributed by atoms with E-state index >= 15 is 0 Å². The summed E-state index contributed by atoms with van der Waals surface area (Å²) in [5.74, 6) is 0. The zero-order valence-electron chi connectivity index (χ0n) is 15.9. The van der Waals surface area contributed by atoms with Gasteiger partial charge in [0.25, 0.3) is 0 Å². The van der Waals surface area contributed by atoms with E-state index in [4.69, 9.17) is 0 Å². The molecule has 0 saturated heterocycles. The average molecular weight is 373 g/mol. The predicted octanol–water partition coefficient (Wildman–Crippen LogP) is 7.61. The van der Waals surface area contributed by atoms with Crippen LogP contribution in [0, 0.1) is 0 Å². The number of hydrogen-bond acceptors (Lipinski definition) is 4. The maximum absolute atomic E-state index is 4.50. The lowest BCUT2D eigenvalue weighted by Crippen LogP contribution is -1.96. The van der Waals surface area contributed by atoms with Gasteiger partial charge in [0.2, 0.25) is 0 Å². The van der Waals surface area contributed by atoms with E-state index in [0.29, 0.717) is 0 Å². The zero-order valence-corrected chi connectivity index (χ0v) is 17.6. The molecule has 0 saturated carbocycles. The van der Waals surface area contributed by atoms with Crippen LogP contribution in [0.25, 0.3) is 15.9 Å². The second-order valence-electron chi connectivity index (χ2n) is 5.77. The number of benzene rings is 1. The van der Waals surface area contributed by atoms with Crippen molar-refractivity contribution >= 4 is 39.4 Å². The highest BCUT2D eigenvalue weighted by Crippen LogP contribution is 2.44. The van der Waals surface area contributed by atoms with Crippen LogP contribution in [0.5, 0.6) is 0 Å². The van der Waals surface area contributed by atoms with Crippen molar-refractivity contribution < 1.29 is 0 Å². The Morgan fingerprint density at radius 1 is 1.12 bits per heavy atom. The minimum atomic E-state index is 0.996. The predicted molar refractivity (Wildman–Crippen MR) is 115 cm³/mol. The van der Waals surface area contributed by atoms with Crippen molar-refractivity contribution in [2.45, 2.75) is 60.3 Å². The summed E-state index contributed by atoms with van der Waals surface area (Å²) in [4.78, 5) is 2.75. The first kappa shape index (κ1) is 19.9. The Labute approximate surface area is 160 Å². The molecule has 2 nitrogen and oxygen atoms in total. The number of nitrogens with zero attached hydrogens (tertiary/aromatic N) is 2. The summed E-state index contributed by atoms with van der Waals surface area (Å²) in [6, 6.07) is 6.29. The third-order valence-corrected chi connectivity index (χ3v) is 6.00. The lowest BCUT2D eigenvalue weighted by atomic mass is 10.0. The molecule has 1 aliphatic heterocycles. The molecule has 1 aliphatic rings. The molecule has 0 N–H and O–H groups in total. The fourth-order valence-corrected chi connectivity index (χ4v) is 4.66. The maximum atomic E-state index is 4.50. The van der Waals surface area contributed by atoms with Gasteiger partial charge < -0.3 is 0 Å². The van der Waals surface area contributed by atoms with Gasteiger partial charge in [0.05, 0.1) is 11.7 Å². The quantitative estimate of drug-likeness (QED) is 0.540. The van der Waals surface area contributed by atoms with E-state index in [9.17, 15) is 0 Å². The van der Waals surface area contributed by atoms with Gasteiger partial charge in [0.1, 0.15) is 11.0 Å². The summed E-state index contributed by atoms with van der Waals surface area (Å²) in [6.07, 6.45) is 9.15. The normalized spacial score (nSPS) is 15.1. The molecule has 0 radical (unpaired) electrons. The molecule has 0 amide bonds. The first-order chi connectivity index (χ1) is 12.2. The molecule has 0 spiro atoms. The van der Waals surface area contributed by atoms with Gasteiger partial charge in [-0.1, -0.05) is 75.7 Å². The van der Waals surface area contributed by atoms with E-state index in [2.05, 4.69) is 53.8 Å². The molecule has 0 aliphatic carbocycles. The molecule has 1 aromatic carbocycles. The molecule has 3 rings (SSSR count). The Hall–Kier alpha value is -1.39. The van der Waals surface area contributed by atoms with Crippen molar-refractivity contribution in [2.75, 3.05) is 0 Å². The first-order valence-corrected chi connectivity index (χ1v) is 10.8. The van der Waals surface area contributed by atoms with Crippen LogP contribution in [0.15, 0.2) is 46.4 Å². The number of allylic oxidation sites excluding steroid dienone is 4. The van der Waals surface area contributed by atoms with Gasteiger partial charge in [-0.15, -0.1) is 0 Å². The van der Waals surface area contributed by atoms with Crippen molar-refractivity contribution in [3.8, 4) is 0 Å². The summed E-state index contributed by atoms with van der Waals surface area (Å²) in [5, 5.41) is 0. The fraction of sp³-hybridized carbons (Fsp3) is 0.429. The molecule has 134 valence electrons. The number of thioether (sulfide) groups is 1. The van der Waals surface area contributed by atoms with Crippen LogP contribution < -0.4 is 0 Å². The monoisotopic (exact) mass is 372 g/mol. The molecule has 0 fully saturated rings. The van der Waals surface area contributed by atoms with Gasteiger partial charge in [-0.3, -0.25) is 0 Å². The van der Waals surface area contributed by atoms with Crippen molar-refractivity contribution in [1.29, 1.82) is 0 Å². The second kappa shape index (κ2) is 9.93. The van der Waals surface area contributed by atoms with Gasteiger partial charge in [-0.05, 0) is 37.8 Å². The van der Waals surface area contributed by atoms with Crippen molar-refractivity contribution in [3.63, 3.8) is 0 Å². The molecule has 25 heavy (non-hydrogen) atoms. The fourth-order valence-electron chi connectivity index (χ4n) is 2.84. The maximum Gasteiger partial charge on any atom is 0.113 e. The van der Waals surface area contributed by atoms with Crippen LogP contribution in [0.2, 0.25) is 0 Å². The van der Waals surface area contributed by atoms with Crippen LogP contribution in [-0.4, -0.2) is 8.75 Å². The summed E-state index contributed by atoms with van der Waals surface area (Å²) < 4.78 is 8.87. The van der Waals surface area contributed by atoms with E-state index < -0.39 is 0 Å². The Bertz CT molecular complexity index is 797. The number of fused-ring (bicyclic) bond motifs is 1. The molecular weight excluding hydrogens is 344 g/mol. The van der Waals surface area contributed by atoms with Crippen molar-refractivity contribution in [3.05, 3.63) is 52.0 Å². The van der Waals surface area contributed by atoms with Gasteiger partial charge in [-0.25, -0.2) is 0 Å². The smallest absolute Gasteiger partial charge is 0.113 e. The molecule has 0 bridgehead atoms. The van der Waals surface area contributed by atoms with Gasteiger partial charge >= 0.3 is 0 Å². The topological polar surface area (TPSA) is 25.8 Å². The van der Waals surface area contributed by atoms with Gasteiger partial charge in [0, 0.05) is 15.4 Å². The van der Waals surface area contributed by atoms with Gasteiger partial charge in [-0.2, -0.15) is 8.75 Å². The number of rotatable bonds is 5. The minimum Gasteiger partial charge on any atom is -0.173 e. The summed E-state index contributed by atoms with van der Waals surface area (Å²) in [5.41, 5.74) is 6.30. The Morgan fingerprint density at radius 2 is 1.92 bits per heavy atom. The first-order valence-electron chi connectivity index (χ1n) is 9.23. The lowest BCUT2D eigenvalue weighted by Gasteiger charge is -2.19. The van der Waals surface area contributed by atoms with Crippen LogP contribution in [0.4, 0.5) is 0 Å². The number of hydrogen-bond donors (Lipinski definition) is 0. The largest absolute Gasteiger partial charge is 0.173 e. The molecule has 0 atom stereocenters. The van der Waals surface area contributed by atoms with E-state index in [-0.39, 0.29) is 0 Å². The summed E-state index contributed by atoms with van der Waals surface area (Å²) >= 11 is 3.19. The molecule has 1 aromatic heterocycles. The third-order valence-electron chi connectivity index (χ3n) is 4.22. The Kier molecular flexibility index (Phi) is 7.91. The highest BCUT2D eigenvalue weighted by atomic mass is 32.2. The van der Waals surface area contributed by atoms with Crippen LogP contribution >= 0.6 is 23.5 Å². The Balaban J connectivity index is 0.00000109. The van der Waals surface area contributed by atoms with E-state index in [0.717, 1.165) is 30.3 Å². The molecular formula is C21H28N2S2. The summed E-state index contributed by atoms with van der Waals surface area (Å²) in [7, 11) is 0. The third kappa shape index (κ3) is 4.62. The van der Waals surface area contributed by atoms with E-state index in [1.165, 1.54) is 44.7 Å². The number of aromatic nitrogens is 2. The highest BCUT2D eigenvalue weighted by Gasteiger charge is 2.17. The standard InChI is InChI=1S/C19H22N2S2.C2H6/c1-4-8-14(13(3)5-2)17-11-7-12-18(22-17)15-9-6-10-16-19(15)21-23-20-16;1-2/h6,9-12H,4-5,7-8H2,1-3H3;1-2H3/b14-13+;. The van der Waals surface area contributed by atoms with E-state index in [1.54, 1.807) is 0 Å². The van der Waals surface area contributed by atoms with Crippen LogP contribution in [0.1, 0.15) is 65.9 Å². The van der Waals surface area contributed by atoms with Gasteiger partial charge in [0.15, 0.2) is 0 Å². The minimum absolute atomic E-state index is 0.996.